The minimum absolute atomic E-state index is 0.241. The number of hydrogen-bond donors (Lipinski definition) is 0. The zero-order valence-electron chi connectivity index (χ0n) is 8.05. The molecule has 2 aromatic rings. The first-order valence-electron chi connectivity index (χ1n) is 4.58. The van der Waals surface area contributed by atoms with Crippen LogP contribution in [0.1, 0.15) is 0 Å². The van der Waals surface area contributed by atoms with E-state index in [1.165, 1.54) is 6.33 Å². The van der Waals surface area contributed by atoms with Crippen LogP contribution >= 0.6 is 11.6 Å². The Bertz CT molecular complexity index is 547. The quantitative estimate of drug-likeness (QED) is 0.756. The first-order chi connectivity index (χ1) is 7.84. The van der Waals surface area contributed by atoms with Crippen LogP contribution in [0.15, 0.2) is 24.5 Å². The van der Waals surface area contributed by atoms with Crippen molar-refractivity contribution in [3.8, 4) is 22.8 Å². The van der Waals surface area contributed by atoms with E-state index in [1.54, 1.807) is 6.07 Å². The summed E-state index contributed by atoms with van der Waals surface area (Å²) in [7, 11) is 0. The molecule has 80 valence electrons. The minimum Gasteiger partial charge on any atom is -0.454 e. The van der Waals surface area contributed by atoms with Crippen molar-refractivity contribution in [3.63, 3.8) is 0 Å². The van der Waals surface area contributed by atoms with Crippen LogP contribution in [0.2, 0.25) is 5.15 Å². The lowest BCUT2D eigenvalue weighted by atomic mass is 10.1. The van der Waals surface area contributed by atoms with Gasteiger partial charge in [0.1, 0.15) is 12.0 Å². The highest BCUT2D eigenvalue weighted by Crippen LogP contribution is 2.36. The van der Waals surface area contributed by atoms with Gasteiger partial charge in [0.2, 0.25) is 6.79 Å². The minimum atomic E-state index is 0.241. The summed E-state index contributed by atoms with van der Waals surface area (Å²) in [5.74, 6) is 1.40. The van der Waals surface area contributed by atoms with Crippen LogP contribution in [0.5, 0.6) is 11.5 Å². The maximum absolute atomic E-state index is 5.92. The summed E-state index contributed by atoms with van der Waals surface area (Å²) >= 11 is 5.92. The first-order valence-corrected chi connectivity index (χ1v) is 4.95. The predicted octanol–water partition coefficient (Wildman–Crippen LogP) is 1.92. The average molecular weight is 236 g/mol. The summed E-state index contributed by atoms with van der Waals surface area (Å²) in [4.78, 5) is 3.87. The molecule has 0 radical (unpaired) electrons. The Morgan fingerprint density at radius 1 is 1.19 bits per heavy atom. The summed E-state index contributed by atoms with van der Waals surface area (Å²) in [6, 6.07) is 5.45. The largest absolute Gasteiger partial charge is 0.454 e. The Hall–Kier alpha value is -1.88. The normalized spacial score (nSPS) is 12.8. The van der Waals surface area contributed by atoms with Gasteiger partial charge in [0.05, 0.1) is 0 Å². The molecule has 0 spiro atoms. The maximum atomic E-state index is 5.92. The Morgan fingerprint density at radius 2 is 2.06 bits per heavy atom. The van der Waals surface area contributed by atoms with Crippen LogP contribution in [0.25, 0.3) is 11.3 Å². The molecule has 2 heterocycles. The van der Waals surface area contributed by atoms with Crippen LogP contribution in [0, 0.1) is 0 Å². The van der Waals surface area contributed by atoms with Crippen LogP contribution in [0.4, 0.5) is 0 Å². The van der Waals surface area contributed by atoms with Crippen molar-refractivity contribution in [1.82, 2.24) is 15.2 Å². The molecule has 16 heavy (non-hydrogen) atoms. The SMILES string of the molecule is Clc1ncnnc1-c1ccc2c(c1)OCO2. The molecule has 0 aliphatic carbocycles. The van der Waals surface area contributed by atoms with Gasteiger partial charge >= 0.3 is 0 Å². The number of aromatic nitrogens is 3. The third-order valence-electron chi connectivity index (χ3n) is 2.22. The second kappa shape index (κ2) is 3.61. The fraction of sp³-hybridized carbons (Fsp3) is 0.100. The van der Waals surface area contributed by atoms with Crippen molar-refractivity contribution >= 4 is 11.6 Å². The molecule has 5 nitrogen and oxygen atoms in total. The van der Waals surface area contributed by atoms with Crippen molar-refractivity contribution in [2.24, 2.45) is 0 Å². The number of benzene rings is 1. The van der Waals surface area contributed by atoms with E-state index < -0.39 is 0 Å². The number of halogens is 1. The van der Waals surface area contributed by atoms with Gasteiger partial charge in [0.25, 0.3) is 0 Å². The summed E-state index contributed by atoms with van der Waals surface area (Å²) in [5.41, 5.74) is 1.33. The molecule has 0 saturated heterocycles. The van der Waals surface area contributed by atoms with Crippen LogP contribution in [-0.4, -0.2) is 22.0 Å². The standard InChI is InChI=1S/C10H6ClN3O2/c11-10-9(14-13-4-12-10)6-1-2-7-8(3-6)16-5-15-7/h1-4H,5H2. The number of rotatable bonds is 1. The molecule has 6 heteroatoms. The van der Waals surface area contributed by atoms with Crippen molar-refractivity contribution < 1.29 is 9.47 Å². The number of nitrogens with zero attached hydrogens (tertiary/aromatic N) is 3. The fourth-order valence-corrected chi connectivity index (χ4v) is 1.67. The van der Waals surface area contributed by atoms with Gasteiger partial charge in [-0.3, -0.25) is 0 Å². The molecule has 1 aliphatic heterocycles. The monoisotopic (exact) mass is 235 g/mol. The molecule has 1 aromatic carbocycles. The van der Waals surface area contributed by atoms with Gasteiger partial charge in [-0.1, -0.05) is 11.6 Å². The Balaban J connectivity index is 2.11. The van der Waals surface area contributed by atoms with E-state index in [0.29, 0.717) is 16.6 Å². The second-order valence-corrected chi connectivity index (χ2v) is 3.53. The van der Waals surface area contributed by atoms with E-state index >= 15 is 0 Å². The van der Waals surface area contributed by atoms with E-state index in [0.717, 1.165) is 11.3 Å². The Morgan fingerprint density at radius 3 is 2.94 bits per heavy atom. The van der Waals surface area contributed by atoms with E-state index in [4.69, 9.17) is 21.1 Å². The van der Waals surface area contributed by atoms with Gasteiger partial charge < -0.3 is 9.47 Å². The van der Waals surface area contributed by atoms with Crippen molar-refractivity contribution in [2.75, 3.05) is 6.79 Å². The second-order valence-electron chi connectivity index (χ2n) is 3.17. The number of fused-ring (bicyclic) bond motifs is 1. The van der Waals surface area contributed by atoms with Crippen LogP contribution < -0.4 is 9.47 Å². The Kier molecular flexibility index (Phi) is 2.11. The lowest BCUT2D eigenvalue weighted by Gasteiger charge is -2.02. The molecule has 0 bridgehead atoms. The smallest absolute Gasteiger partial charge is 0.231 e. The average Bonchev–Trinajstić information content (AvgIpc) is 2.76. The molecule has 1 aliphatic rings. The third kappa shape index (κ3) is 1.45. The molecule has 1 aromatic heterocycles. The highest BCUT2D eigenvalue weighted by molar-refractivity contribution is 6.31. The van der Waals surface area contributed by atoms with Crippen molar-refractivity contribution in [1.29, 1.82) is 0 Å². The number of ether oxygens (including phenoxy) is 2. The molecule has 3 rings (SSSR count). The van der Waals surface area contributed by atoms with E-state index in [-0.39, 0.29) is 6.79 Å². The van der Waals surface area contributed by atoms with Crippen LogP contribution in [0.3, 0.4) is 0 Å². The van der Waals surface area contributed by atoms with E-state index in [9.17, 15) is 0 Å². The highest BCUT2D eigenvalue weighted by atomic mass is 35.5. The molecule has 0 amide bonds. The zero-order valence-corrected chi connectivity index (χ0v) is 8.81. The van der Waals surface area contributed by atoms with Crippen molar-refractivity contribution in [2.45, 2.75) is 0 Å². The molecular weight excluding hydrogens is 230 g/mol. The first kappa shape index (κ1) is 9.35. The van der Waals surface area contributed by atoms with Gasteiger partial charge in [-0.05, 0) is 18.2 Å². The third-order valence-corrected chi connectivity index (χ3v) is 2.50. The van der Waals surface area contributed by atoms with Gasteiger partial charge in [-0.15, -0.1) is 10.2 Å². The van der Waals surface area contributed by atoms with E-state index in [1.807, 2.05) is 12.1 Å². The molecule has 0 unspecified atom stereocenters. The van der Waals surface area contributed by atoms with Crippen LogP contribution in [-0.2, 0) is 0 Å². The highest BCUT2D eigenvalue weighted by Gasteiger charge is 2.15. The van der Waals surface area contributed by atoms with Gasteiger partial charge in [0, 0.05) is 5.56 Å². The predicted molar refractivity (Wildman–Crippen MR) is 56.4 cm³/mol. The fourth-order valence-electron chi connectivity index (χ4n) is 1.48. The summed E-state index contributed by atoms with van der Waals surface area (Å²) in [6.45, 7) is 0.241. The summed E-state index contributed by atoms with van der Waals surface area (Å²) < 4.78 is 10.5. The summed E-state index contributed by atoms with van der Waals surface area (Å²) in [5, 5.41) is 7.94. The van der Waals surface area contributed by atoms with Gasteiger partial charge in [-0.2, -0.15) is 0 Å². The maximum Gasteiger partial charge on any atom is 0.231 e. The lowest BCUT2D eigenvalue weighted by Crippen LogP contribution is -1.93. The zero-order chi connectivity index (χ0) is 11.0. The number of hydrogen-bond acceptors (Lipinski definition) is 5. The molecule has 0 fully saturated rings. The molecular formula is C10H6ClN3O2. The lowest BCUT2D eigenvalue weighted by molar-refractivity contribution is 0.174. The van der Waals surface area contributed by atoms with Gasteiger partial charge in [0.15, 0.2) is 16.7 Å². The van der Waals surface area contributed by atoms with E-state index in [2.05, 4.69) is 15.2 Å². The molecule has 0 atom stereocenters. The molecule has 0 saturated carbocycles. The topological polar surface area (TPSA) is 57.1 Å². The van der Waals surface area contributed by atoms with Crippen molar-refractivity contribution in [3.05, 3.63) is 29.7 Å². The Labute approximate surface area is 96.0 Å². The molecule has 0 N–H and O–H groups in total. The summed E-state index contributed by atoms with van der Waals surface area (Å²) in [6.07, 6.45) is 1.30. The van der Waals surface area contributed by atoms with Gasteiger partial charge in [-0.25, -0.2) is 4.98 Å².